The van der Waals surface area contributed by atoms with Crippen molar-refractivity contribution in [1.82, 2.24) is 0 Å². The molecule has 22 heavy (non-hydrogen) atoms. The molecule has 3 N–H and O–H groups in total. The van der Waals surface area contributed by atoms with Crippen molar-refractivity contribution in [1.29, 1.82) is 10.5 Å². The lowest BCUT2D eigenvalue weighted by molar-refractivity contribution is -0.182. The second-order valence-corrected chi connectivity index (χ2v) is 4.09. The van der Waals surface area contributed by atoms with Crippen LogP contribution in [0.5, 0.6) is 0 Å². The van der Waals surface area contributed by atoms with Gasteiger partial charge in [0.05, 0.1) is 17.7 Å². The Kier molecular flexibility index (Phi) is 6.35. The van der Waals surface area contributed by atoms with Gasteiger partial charge >= 0.3 is 11.9 Å². The molecule has 1 aromatic rings. The van der Waals surface area contributed by atoms with Crippen molar-refractivity contribution in [3.05, 3.63) is 29.3 Å². The zero-order valence-corrected chi connectivity index (χ0v) is 11.8. The summed E-state index contributed by atoms with van der Waals surface area (Å²) < 4.78 is 9.50. The Morgan fingerprint density at radius 1 is 1.23 bits per heavy atom. The minimum atomic E-state index is -1.04. The van der Waals surface area contributed by atoms with E-state index < -0.39 is 18.2 Å². The summed E-state index contributed by atoms with van der Waals surface area (Å²) in [5, 5.41) is 20.4. The van der Waals surface area contributed by atoms with Crippen LogP contribution in [-0.4, -0.2) is 31.3 Å². The molecule has 114 valence electrons. The first-order chi connectivity index (χ1) is 10.5. The van der Waals surface area contributed by atoms with E-state index in [0.29, 0.717) is 5.69 Å². The Hall–Kier alpha value is -3.10. The fourth-order valence-corrected chi connectivity index (χ4v) is 1.50. The third-order valence-electron chi connectivity index (χ3n) is 2.46. The Balaban J connectivity index is 2.53. The van der Waals surface area contributed by atoms with Crippen LogP contribution in [0.3, 0.4) is 0 Å². The zero-order valence-electron chi connectivity index (χ0n) is 11.8. The van der Waals surface area contributed by atoms with Crippen LogP contribution >= 0.6 is 0 Å². The molecule has 0 radical (unpaired) electrons. The molecule has 0 aliphatic heterocycles. The lowest BCUT2D eigenvalue weighted by Gasteiger charge is -2.14. The first kappa shape index (κ1) is 17.0. The van der Waals surface area contributed by atoms with Crippen LogP contribution in [0, 0.1) is 22.7 Å². The van der Waals surface area contributed by atoms with E-state index in [0.717, 1.165) is 0 Å². The summed E-state index contributed by atoms with van der Waals surface area (Å²) >= 11 is 0. The number of benzene rings is 1. The predicted octanol–water partition coefficient (Wildman–Crippen LogP) is 0.233. The van der Waals surface area contributed by atoms with E-state index in [-0.39, 0.29) is 24.2 Å². The standard InChI is InChI=1S/C14H14N4O4/c1-9(21-13(19)7-17)22-14(20)8-18-12-3-2-10(5-15)11(4-12)6-16/h2-4,9,18H,7-8,17H2,1H3. The monoisotopic (exact) mass is 302 g/mol. The summed E-state index contributed by atoms with van der Waals surface area (Å²) in [4.78, 5) is 22.5. The molecule has 0 amide bonds. The zero-order chi connectivity index (χ0) is 16.5. The van der Waals surface area contributed by atoms with Crippen molar-refractivity contribution in [3.63, 3.8) is 0 Å². The number of rotatable bonds is 6. The van der Waals surface area contributed by atoms with Crippen molar-refractivity contribution >= 4 is 17.6 Å². The summed E-state index contributed by atoms with van der Waals surface area (Å²) in [6, 6.07) is 8.25. The third kappa shape index (κ3) is 5.12. The number of hydrogen-bond acceptors (Lipinski definition) is 8. The number of nitrogens with zero attached hydrogens (tertiary/aromatic N) is 2. The molecule has 0 spiro atoms. The first-order valence-corrected chi connectivity index (χ1v) is 6.27. The van der Waals surface area contributed by atoms with Gasteiger partial charge in [-0.25, -0.2) is 0 Å². The van der Waals surface area contributed by atoms with Gasteiger partial charge in [0.15, 0.2) is 0 Å². The smallest absolute Gasteiger partial charge is 0.328 e. The number of ether oxygens (including phenoxy) is 2. The van der Waals surface area contributed by atoms with Gasteiger partial charge in [-0.2, -0.15) is 10.5 Å². The van der Waals surface area contributed by atoms with Gasteiger partial charge < -0.3 is 20.5 Å². The number of carbonyl (C=O) groups is 2. The van der Waals surface area contributed by atoms with Gasteiger partial charge in [0.2, 0.25) is 6.29 Å². The highest BCUT2D eigenvalue weighted by molar-refractivity contribution is 5.76. The quantitative estimate of drug-likeness (QED) is 0.562. The van der Waals surface area contributed by atoms with E-state index in [2.05, 4.69) is 10.1 Å². The molecule has 0 aliphatic carbocycles. The van der Waals surface area contributed by atoms with Crippen molar-refractivity contribution in [2.75, 3.05) is 18.4 Å². The maximum absolute atomic E-state index is 11.5. The number of anilines is 1. The molecule has 1 rings (SSSR count). The van der Waals surface area contributed by atoms with Gasteiger partial charge in [0.1, 0.15) is 18.7 Å². The first-order valence-electron chi connectivity index (χ1n) is 6.27. The molecule has 1 atom stereocenters. The molecule has 8 nitrogen and oxygen atoms in total. The second-order valence-electron chi connectivity index (χ2n) is 4.09. The normalized spacial score (nSPS) is 10.7. The van der Waals surface area contributed by atoms with Crippen molar-refractivity contribution < 1.29 is 19.1 Å². The topological polar surface area (TPSA) is 138 Å². The van der Waals surface area contributed by atoms with E-state index in [1.807, 2.05) is 12.1 Å². The molecule has 0 heterocycles. The summed E-state index contributed by atoms with van der Waals surface area (Å²) in [5.74, 6) is -1.33. The summed E-state index contributed by atoms with van der Waals surface area (Å²) in [5.41, 5.74) is 5.99. The molecule has 1 aromatic carbocycles. The number of nitrogens with two attached hydrogens (primary N) is 1. The highest BCUT2D eigenvalue weighted by atomic mass is 16.7. The van der Waals surface area contributed by atoms with Crippen LogP contribution in [-0.2, 0) is 19.1 Å². The van der Waals surface area contributed by atoms with Gasteiger partial charge in [-0.05, 0) is 18.2 Å². The Morgan fingerprint density at radius 3 is 2.45 bits per heavy atom. The van der Waals surface area contributed by atoms with E-state index in [4.69, 9.17) is 21.0 Å². The molecule has 0 saturated heterocycles. The summed E-state index contributed by atoms with van der Waals surface area (Å²) in [6.45, 7) is 0.893. The van der Waals surface area contributed by atoms with Gasteiger partial charge in [0.25, 0.3) is 0 Å². The lowest BCUT2D eigenvalue weighted by atomic mass is 10.1. The van der Waals surface area contributed by atoms with Crippen LogP contribution in [0.1, 0.15) is 18.1 Å². The van der Waals surface area contributed by atoms with Crippen LogP contribution < -0.4 is 11.1 Å². The number of carbonyl (C=O) groups excluding carboxylic acids is 2. The van der Waals surface area contributed by atoms with Crippen LogP contribution in [0.2, 0.25) is 0 Å². The number of nitriles is 2. The molecular weight excluding hydrogens is 288 g/mol. The fraction of sp³-hybridized carbons (Fsp3) is 0.286. The largest absolute Gasteiger partial charge is 0.425 e. The maximum Gasteiger partial charge on any atom is 0.328 e. The van der Waals surface area contributed by atoms with Gasteiger partial charge in [0, 0.05) is 12.6 Å². The second kappa shape index (κ2) is 8.25. The van der Waals surface area contributed by atoms with Crippen LogP contribution in [0.4, 0.5) is 5.69 Å². The van der Waals surface area contributed by atoms with Gasteiger partial charge in [-0.1, -0.05) is 0 Å². The fourth-order valence-electron chi connectivity index (χ4n) is 1.50. The predicted molar refractivity (Wildman–Crippen MR) is 75.1 cm³/mol. The molecule has 0 saturated carbocycles. The van der Waals surface area contributed by atoms with Gasteiger partial charge in [-0.3, -0.25) is 9.59 Å². The van der Waals surface area contributed by atoms with E-state index in [1.54, 1.807) is 6.07 Å². The Morgan fingerprint density at radius 2 is 1.86 bits per heavy atom. The molecular formula is C14H14N4O4. The van der Waals surface area contributed by atoms with E-state index in [1.165, 1.54) is 19.1 Å². The van der Waals surface area contributed by atoms with E-state index in [9.17, 15) is 9.59 Å². The SMILES string of the molecule is CC(OC(=O)CN)OC(=O)CNc1ccc(C#N)c(C#N)c1. The molecule has 0 aromatic heterocycles. The Bertz CT molecular complexity index is 645. The molecule has 0 bridgehead atoms. The Labute approximate surface area is 127 Å². The minimum absolute atomic E-state index is 0.193. The van der Waals surface area contributed by atoms with Crippen molar-refractivity contribution in [2.45, 2.75) is 13.2 Å². The average molecular weight is 302 g/mol. The molecule has 0 aliphatic rings. The number of nitrogens with one attached hydrogen (secondary N) is 1. The summed E-state index contributed by atoms with van der Waals surface area (Å²) in [6.07, 6.45) is -1.04. The summed E-state index contributed by atoms with van der Waals surface area (Å²) in [7, 11) is 0. The van der Waals surface area contributed by atoms with E-state index >= 15 is 0 Å². The van der Waals surface area contributed by atoms with Crippen molar-refractivity contribution in [3.8, 4) is 12.1 Å². The highest BCUT2D eigenvalue weighted by Gasteiger charge is 2.13. The number of esters is 2. The molecule has 1 unspecified atom stereocenters. The van der Waals surface area contributed by atoms with Crippen LogP contribution in [0.25, 0.3) is 0 Å². The molecule has 8 heteroatoms. The third-order valence-corrected chi connectivity index (χ3v) is 2.46. The minimum Gasteiger partial charge on any atom is -0.425 e. The highest BCUT2D eigenvalue weighted by Crippen LogP contribution is 2.14. The lowest BCUT2D eigenvalue weighted by Crippen LogP contribution is -2.28. The van der Waals surface area contributed by atoms with Crippen LogP contribution in [0.15, 0.2) is 18.2 Å². The molecule has 0 fully saturated rings. The number of hydrogen-bond donors (Lipinski definition) is 2. The average Bonchev–Trinajstić information content (AvgIpc) is 2.52. The maximum atomic E-state index is 11.5. The van der Waals surface area contributed by atoms with Gasteiger partial charge in [-0.15, -0.1) is 0 Å². The van der Waals surface area contributed by atoms with Crippen molar-refractivity contribution in [2.24, 2.45) is 5.73 Å².